The van der Waals surface area contributed by atoms with Crippen LogP contribution < -0.4 is 0 Å². The second-order valence-corrected chi connectivity index (χ2v) is 8.52. The highest BCUT2D eigenvalue weighted by atomic mass is 32.3. The maximum Gasteiger partial charge on any atom is 0.397 e. The number of rotatable bonds is 17. The zero-order chi connectivity index (χ0) is 21.6. The molecule has 170 valence electrons. The smallest absolute Gasteiger partial charge is 0.337 e. The third-order valence-corrected chi connectivity index (χ3v) is 5.12. The highest BCUT2D eigenvalue weighted by molar-refractivity contribution is 7.80. The molecule has 0 radical (unpaired) electrons. The van der Waals surface area contributed by atoms with Crippen molar-refractivity contribution in [3.63, 3.8) is 0 Å². The van der Waals surface area contributed by atoms with Crippen molar-refractivity contribution < 1.29 is 17.2 Å². The standard InChI is InChI=1S/C21H38N2.CH4O4S/c1-2-3-4-5-6-7-8-9-10-11-12-13-14-15-16-17-19-23-20-18-22-21-23;1-5-6(2,3)4/h9-10,18,20-21H,2-8,11-17,19H2,1H3;1H3,(H,2,3,4). The van der Waals surface area contributed by atoms with Gasteiger partial charge < -0.3 is 4.57 Å². The Balaban J connectivity index is 0.00000113. The summed E-state index contributed by atoms with van der Waals surface area (Å²) in [6.45, 7) is 3.41. The first kappa shape index (κ1) is 27.8. The van der Waals surface area contributed by atoms with Crippen LogP contribution in [0.5, 0.6) is 0 Å². The lowest BCUT2D eigenvalue weighted by molar-refractivity contribution is 0.324. The van der Waals surface area contributed by atoms with Gasteiger partial charge in [-0.25, -0.2) is 4.98 Å². The SMILES string of the molecule is CCCCCCCCC=CCCCCCCCCn1ccnc1.COS(=O)(=O)O. The fourth-order valence-electron chi connectivity index (χ4n) is 2.96. The molecule has 1 N–H and O–H groups in total. The summed E-state index contributed by atoms with van der Waals surface area (Å²) in [6.07, 6.45) is 29.8. The van der Waals surface area contributed by atoms with Gasteiger partial charge in [0.15, 0.2) is 0 Å². The molecule has 0 aliphatic rings. The number of hydrogen-bond donors (Lipinski definition) is 1. The monoisotopic (exact) mass is 430 g/mol. The van der Waals surface area contributed by atoms with Crippen molar-refractivity contribution in [2.45, 2.75) is 103 Å². The predicted octanol–water partition coefficient (Wildman–Crippen LogP) is 6.36. The van der Waals surface area contributed by atoms with Crippen molar-refractivity contribution in [3.05, 3.63) is 30.9 Å². The molecule has 0 spiro atoms. The molecule has 1 heterocycles. The molecule has 0 aromatic carbocycles. The molecule has 1 aromatic rings. The number of hydrogen-bond acceptors (Lipinski definition) is 4. The van der Waals surface area contributed by atoms with Crippen LogP contribution in [-0.4, -0.2) is 29.6 Å². The second kappa shape index (κ2) is 20.1. The molecule has 0 amide bonds. The van der Waals surface area contributed by atoms with Crippen molar-refractivity contribution in [1.82, 2.24) is 9.55 Å². The van der Waals surface area contributed by atoms with E-state index in [0.717, 1.165) is 13.7 Å². The number of aryl methyl sites for hydroxylation is 1. The fourth-order valence-corrected chi connectivity index (χ4v) is 2.96. The topological polar surface area (TPSA) is 81.4 Å². The number of allylic oxidation sites excluding steroid dienone is 2. The number of unbranched alkanes of at least 4 members (excludes halogenated alkanes) is 12. The minimum absolute atomic E-state index is 0.870. The third-order valence-electron chi connectivity index (χ3n) is 4.70. The average molecular weight is 431 g/mol. The average Bonchev–Trinajstić information content (AvgIpc) is 3.21. The maximum atomic E-state index is 9.33. The van der Waals surface area contributed by atoms with E-state index in [0.29, 0.717) is 0 Å². The zero-order valence-electron chi connectivity index (χ0n) is 18.5. The van der Waals surface area contributed by atoms with Gasteiger partial charge in [-0.05, 0) is 32.1 Å². The van der Waals surface area contributed by atoms with Crippen molar-refractivity contribution in [2.75, 3.05) is 7.11 Å². The molecule has 1 aromatic heterocycles. The first-order valence-corrected chi connectivity index (χ1v) is 12.5. The van der Waals surface area contributed by atoms with E-state index in [4.69, 9.17) is 4.55 Å². The van der Waals surface area contributed by atoms with E-state index in [1.165, 1.54) is 89.9 Å². The van der Waals surface area contributed by atoms with Crippen LogP contribution in [0.3, 0.4) is 0 Å². The largest absolute Gasteiger partial charge is 0.397 e. The highest BCUT2D eigenvalue weighted by Gasteiger charge is 1.94. The lowest BCUT2D eigenvalue weighted by Gasteiger charge is -2.02. The Morgan fingerprint density at radius 1 is 0.897 bits per heavy atom. The third kappa shape index (κ3) is 23.0. The summed E-state index contributed by atoms with van der Waals surface area (Å²) >= 11 is 0. The molecule has 29 heavy (non-hydrogen) atoms. The number of nitrogens with zero attached hydrogens (tertiary/aromatic N) is 2. The lowest BCUT2D eigenvalue weighted by atomic mass is 10.1. The second-order valence-electron chi connectivity index (χ2n) is 7.33. The minimum Gasteiger partial charge on any atom is -0.337 e. The van der Waals surface area contributed by atoms with Crippen LogP contribution in [0.15, 0.2) is 30.9 Å². The Hall–Kier alpha value is -1.18. The van der Waals surface area contributed by atoms with Gasteiger partial charge >= 0.3 is 10.4 Å². The summed E-state index contributed by atoms with van der Waals surface area (Å²) < 4.78 is 31.9. The van der Waals surface area contributed by atoms with Crippen LogP contribution in [0.1, 0.15) is 96.8 Å². The first-order valence-electron chi connectivity index (χ1n) is 11.1. The van der Waals surface area contributed by atoms with Crippen LogP contribution in [-0.2, 0) is 21.1 Å². The van der Waals surface area contributed by atoms with Gasteiger partial charge in [0.1, 0.15) is 0 Å². The molecule has 0 unspecified atom stereocenters. The predicted molar refractivity (Wildman–Crippen MR) is 120 cm³/mol. The summed E-state index contributed by atoms with van der Waals surface area (Å²) in [5, 5.41) is 0. The van der Waals surface area contributed by atoms with Crippen LogP contribution in [0.4, 0.5) is 0 Å². The molecule has 7 heteroatoms. The zero-order valence-corrected chi connectivity index (χ0v) is 19.3. The molecule has 0 bridgehead atoms. The number of imidazole rings is 1. The van der Waals surface area contributed by atoms with Gasteiger partial charge in [0.2, 0.25) is 0 Å². The van der Waals surface area contributed by atoms with E-state index < -0.39 is 10.4 Å². The van der Waals surface area contributed by atoms with E-state index in [9.17, 15) is 8.42 Å². The summed E-state index contributed by atoms with van der Waals surface area (Å²) in [6, 6.07) is 0. The normalized spacial score (nSPS) is 11.6. The summed E-state index contributed by atoms with van der Waals surface area (Å²) in [7, 11) is -3.29. The Labute approximate surface area is 178 Å². The van der Waals surface area contributed by atoms with Gasteiger partial charge in [0, 0.05) is 18.9 Å². The summed E-state index contributed by atoms with van der Waals surface area (Å²) in [5.74, 6) is 0. The molecular formula is C22H42N2O4S. The van der Waals surface area contributed by atoms with Crippen molar-refractivity contribution in [1.29, 1.82) is 0 Å². The molecule has 1 rings (SSSR count). The molecule has 0 atom stereocenters. The van der Waals surface area contributed by atoms with Crippen LogP contribution in [0.2, 0.25) is 0 Å². The maximum absolute atomic E-state index is 9.33. The highest BCUT2D eigenvalue weighted by Crippen LogP contribution is 2.10. The number of aromatic nitrogens is 2. The molecule has 0 aliphatic heterocycles. The van der Waals surface area contributed by atoms with E-state index in [2.05, 4.69) is 39.0 Å². The Kier molecular flexibility index (Phi) is 19.3. The van der Waals surface area contributed by atoms with E-state index in [-0.39, 0.29) is 0 Å². The van der Waals surface area contributed by atoms with Crippen LogP contribution in [0, 0.1) is 0 Å². The van der Waals surface area contributed by atoms with Gasteiger partial charge in [-0.15, -0.1) is 0 Å². The van der Waals surface area contributed by atoms with E-state index in [1.54, 1.807) is 0 Å². The lowest BCUT2D eigenvalue weighted by Crippen LogP contribution is -1.96. The molecule has 0 saturated carbocycles. The Morgan fingerprint density at radius 3 is 1.83 bits per heavy atom. The minimum atomic E-state index is -4.16. The first-order chi connectivity index (χ1) is 14.0. The molecule has 0 fully saturated rings. The quantitative estimate of drug-likeness (QED) is 0.177. The fraction of sp³-hybridized carbons (Fsp3) is 0.773. The Morgan fingerprint density at radius 2 is 1.38 bits per heavy atom. The van der Waals surface area contributed by atoms with Crippen molar-refractivity contribution >= 4 is 10.4 Å². The van der Waals surface area contributed by atoms with Crippen molar-refractivity contribution in [3.8, 4) is 0 Å². The summed E-state index contributed by atoms with van der Waals surface area (Å²) in [4.78, 5) is 4.07. The molecule has 0 aliphatic carbocycles. The van der Waals surface area contributed by atoms with Gasteiger partial charge in [-0.1, -0.05) is 76.9 Å². The van der Waals surface area contributed by atoms with E-state index in [1.807, 2.05) is 12.5 Å². The van der Waals surface area contributed by atoms with Gasteiger partial charge in [-0.2, -0.15) is 8.42 Å². The molecule has 6 nitrogen and oxygen atoms in total. The summed E-state index contributed by atoms with van der Waals surface area (Å²) in [5.41, 5.74) is 0. The van der Waals surface area contributed by atoms with Gasteiger partial charge in [-0.3, -0.25) is 8.74 Å². The van der Waals surface area contributed by atoms with Gasteiger partial charge in [0.05, 0.1) is 13.4 Å². The van der Waals surface area contributed by atoms with Crippen LogP contribution >= 0.6 is 0 Å². The molecular weight excluding hydrogens is 388 g/mol. The van der Waals surface area contributed by atoms with Gasteiger partial charge in [0.25, 0.3) is 0 Å². The Bertz CT molecular complexity index is 572. The van der Waals surface area contributed by atoms with Crippen LogP contribution in [0.25, 0.3) is 0 Å². The van der Waals surface area contributed by atoms with Crippen molar-refractivity contribution in [2.24, 2.45) is 0 Å². The molecule has 0 saturated heterocycles. The van der Waals surface area contributed by atoms with E-state index >= 15 is 0 Å².